The van der Waals surface area contributed by atoms with Crippen molar-refractivity contribution in [3.63, 3.8) is 0 Å². The lowest BCUT2D eigenvalue weighted by atomic mass is 10.0. The van der Waals surface area contributed by atoms with Gasteiger partial charge in [0.2, 0.25) is 0 Å². The molecule has 0 saturated carbocycles. The standard InChI is InChI=1S/C18H28N2O2.ClH/c1-3-4-5-14-22-17-8-6-15(7-9-17)18(21)20-12-10-16(19-2)11-13-20;/h6-9,16,19H,3-5,10-14H2,1-2H3;1H. The Bertz CT molecular complexity index is 457. The first kappa shape index (κ1) is 19.8. The second-order valence-electron chi connectivity index (χ2n) is 5.94. The van der Waals surface area contributed by atoms with Gasteiger partial charge in [0.15, 0.2) is 0 Å². The van der Waals surface area contributed by atoms with E-state index in [9.17, 15) is 4.79 Å². The van der Waals surface area contributed by atoms with E-state index in [1.807, 2.05) is 36.2 Å². The lowest BCUT2D eigenvalue weighted by molar-refractivity contribution is 0.0707. The summed E-state index contributed by atoms with van der Waals surface area (Å²) in [7, 11) is 1.99. The van der Waals surface area contributed by atoms with Crippen LogP contribution in [0.3, 0.4) is 0 Å². The number of hydrogen-bond acceptors (Lipinski definition) is 3. The van der Waals surface area contributed by atoms with Crippen molar-refractivity contribution in [2.24, 2.45) is 0 Å². The SMILES string of the molecule is CCCCCOc1ccc(C(=O)N2CCC(NC)CC2)cc1.Cl. The summed E-state index contributed by atoms with van der Waals surface area (Å²) in [6.07, 6.45) is 5.53. The van der Waals surface area contributed by atoms with Gasteiger partial charge in [0.25, 0.3) is 5.91 Å². The molecule has 1 aliphatic heterocycles. The average molecular weight is 341 g/mol. The number of amides is 1. The zero-order valence-electron chi connectivity index (χ0n) is 14.2. The summed E-state index contributed by atoms with van der Waals surface area (Å²) in [4.78, 5) is 14.4. The highest BCUT2D eigenvalue weighted by Crippen LogP contribution is 2.17. The topological polar surface area (TPSA) is 41.6 Å². The highest BCUT2D eigenvalue weighted by atomic mass is 35.5. The minimum Gasteiger partial charge on any atom is -0.494 e. The van der Waals surface area contributed by atoms with E-state index >= 15 is 0 Å². The molecule has 1 aromatic carbocycles. The number of carbonyl (C=O) groups is 1. The Morgan fingerprint density at radius 2 is 1.87 bits per heavy atom. The monoisotopic (exact) mass is 340 g/mol. The molecule has 2 rings (SSSR count). The smallest absolute Gasteiger partial charge is 0.253 e. The summed E-state index contributed by atoms with van der Waals surface area (Å²) in [6, 6.07) is 8.10. The Kier molecular flexibility index (Phi) is 9.03. The molecule has 1 N–H and O–H groups in total. The molecule has 1 saturated heterocycles. The quantitative estimate of drug-likeness (QED) is 0.772. The van der Waals surface area contributed by atoms with E-state index in [1.165, 1.54) is 12.8 Å². The van der Waals surface area contributed by atoms with Crippen molar-refractivity contribution in [2.45, 2.75) is 45.1 Å². The van der Waals surface area contributed by atoms with E-state index < -0.39 is 0 Å². The number of nitrogens with one attached hydrogen (secondary N) is 1. The van der Waals surface area contributed by atoms with Crippen molar-refractivity contribution in [2.75, 3.05) is 26.7 Å². The van der Waals surface area contributed by atoms with Gasteiger partial charge in [-0.05, 0) is 50.6 Å². The number of ether oxygens (including phenoxy) is 1. The molecule has 1 heterocycles. The predicted molar refractivity (Wildman–Crippen MR) is 96.7 cm³/mol. The van der Waals surface area contributed by atoms with Crippen LogP contribution in [0, 0.1) is 0 Å². The molecule has 0 spiro atoms. The molecule has 0 radical (unpaired) electrons. The van der Waals surface area contributed by atoms with Crippen LogP contribution < -0.4 is 10.1 Å². The molecule has 0 aliphatic carbocycles. The van der Waals surface area contributed by atoms with Gasteiger partial charge in [-0.1, -0.05) is 19.8 Å². The van der Waals surface area contributed by atoms with E-state index in [2.05, 4.69) is 12.2 Å². The van der Waals surface area contributed by atoms with E-state index in [0.717, 1.165) is 50.3 Å². The van der Waals surface area contributed by atoms with E-state index in [-0.39, 0.29) is 18.3 Å². The lowest BCUT2D eigenvalue weighted by Gasteiger charge is -2.31. The number of halogens is 1. The zero-order chi connectivity index (χ0) is 15.8. The third-order valence-electron chi connectivity index (χ3n) is 4.31. The van der Waals surface area contributed by atoms with Crippen LogP contribution >= 0.6 is 12.4 Å². The molecule has 0 aromatic heterocycles. The van der Waals surface area contributed by atoms with Gasteiger partial charge >= 0.3 is 0 Å². The molecule has 4 nitrogen and oxygen atoms in total. The molecular weight excluding hydrogens is 312 g/mol. The second kappa shape index (κ2) is 10.5. The van der Waals surface area contributed by atoms with Crippen LogP contribution in [0.15, 0.2) is 24.3 Å². The van der Waals surface area contributed by atoms with E-state index in [4.69, 9.17) is 4.74 Å². The van der Waals surface area contributed by atoms with Gasteiger partial charge in [-0.25, -0.2) is 0 Å². The molecule has 1 aromatic rings. The zero-order valence-corrected chi connectivity index (χ0v) is 15.0. The lowest BCUT2D eigenvalue weighted by Crippen LogP contribution is -2.43. The Balaban J connectivity index is 0.00000264. The summed E-state index contributed by atoms with van der Waals surface area (Å²) >= 11 is 0. The molecule has 1 aliphatic rings. The molecule has 0 atom stereocenters. The largest absolute Gasteiger partial charge is 0.494 e. The Morgan fingerprint density at radius 3 is 2.43 bits per heavy atom. The molecule has 1 amide bonds. The Hall–Kier alpha value is -1.26. The van der Waals surface area contributed by atoms with Crippen LogP contribution in [-0.4, -0.2) is 43.6 Å². The van der Waals surface area contributed by atoms with E-state index in [0.29, 0.717) is 6.04 Å². The van der Waals surface area contributed by atoms with Crippen LogP contribution in [-0.2, 0) is 0 Å². The maximum absolute atomic E-state index is 12.5. The first-order valence-electron chi connectivity index (χ1n) is 8.44. The van der Waals surface area contributed by atoms with Crippen molar-refractivity contribution in [3.8, 4) is 5.75 Å². The van der Waals surface area contributed by atoms with Crippen molar-refractivity contribution >= 4 is 18.3 Å². The molecular formula is C18H29ClN2O2. The molecule has 5 heteroatoms. The molecule has 1 fully saturated rings. The minimum absolute atomic E-state index is 0. The third-order valence-corrected chi connectivity index (χ3v) is 4.31. The normalized spacial score (nSPS) is 15.1. The highest BCUT2D eigenvalue weighted by Gasteiger charge is 2.22. The number of likely N-dealkylation sites (tertiary alicyclic amines) is 1. The minimum atomic E-state index is 0. The summed E-state index contributed by atoms with van der Waals surface area (Å²) in [5.41, 5.74) is 0.754. The fraction of sp³-hybridized carbons (Fsp3) is 0.611. The number of unbranched alkanes of at least 4 members (excludes halogenated alkanes) is 2. The van der Waals surface area contributed by atoms with Crippen molar-refractivity contribution in [3.05, 3.63) is 29.8 Å². The predicted octanol–water partition coefficient (Wildman–Crippen LogP) is 3.50. The Morgan fingerprint density at radius 1 is 1.22 bits per heavy atom. The molecule has 0 unspecified atom stereocenters. The fourth-order valence-electron chi connectivity index (χ4n) is 2.79. The second-order valence-corrected chi connectivity index (χ2v) is 5.94. The summed E-state index contributed by atoms with van der Waals surface area (Å²) < 4.78 is 5.68. The number of benzene rings is 1. The highest BCUT2D eigenvalue weighted by molar-refractivity contribution is 5.94. The van der Waals surface area contributed by atoms with Gasteiger partial charge in [0.05, 0.1) is 6.61 Å². The van der Waals surface area contributed by atoms with E-state index in [1.54, 1.807) is 0 Å². The molecule has 130 valence electrons. The van der Waals surface area contributed by atoms with Crippen molar-refractivity contribution in [1.82, 2.24) is 10.2 Å². The summed E-state index contributed by atoms with van der Waals surface area (Å²) in [5.74, 6) is 0.980. The maximum Gasteiger partial charge on any atom is 0.253 e. The number of piperidine rings is 1. The third kappa shape index (κ3) is 6.04. The summed E-state index contributed by atoms with van der Waals surface area (Å²) in [6.45, 7) is 4.59. The molecule has 0 bridgehead atoms. The van der Waals surface area contributed by atoms with Crippen LogP contribution in [0.4, 0.5) is 0 Å². The Labute approximate surface area is 146 Å². The number of rotatable bonds is 7. The number of nitrogens with zero attached hydrogens (tertiary/aromatic N) is 1. The van der Waals surface area contributed by atoms with Crippen LogP contribution in [0.1, 0.15) is 49.4 Å². The van der Waals surface area contributed by atoms with Crippen LogP contribution in [0.25, 0.3) is 0 Å². The maximum atomic E-state index is 12.5. The van der Waals surface area contributed by atoms with Gasteiger partial charge in [-0.15, -0.1) is 12.4 Å². The number of carbonyl (C=O) groups excluding carboxylic acids is 1. The van der Waals surface area contributed by atoms with Gasteiger partial charge < -0.3 is 15.0 Å². The van der Waals surface area contributed by atoms with Crippen molar-refractivity contribution < 1.29 is 9.53 Å². The van der Waals surface area contributed by atoms with Gasteiger partial charge in [-0.2, -0.15) is 0 Å². The molecule has 23 heavy (non-hydrogen) atoms. The average Bonchev–Trinajstić information content (AvgIpc) is 2.59. The summed E-state index contributed by atoms with van der Waals surface area (Å²) in [5, 5.41) is 3.28. The van der Waals surface area contributed by atoms with Crippen molar-refractivity contribution in [1.29, 1.82) is 0 Å². The van der Waals surface area contributed by atoms with Crippen LogP contribution in [0.2, 0.25) is 0 Å². The van der Waals surface area contributed by atoms with Gasteiger partial charge in [0.1, 0.15) is 5.75 Å². The number of hydrogen-bond donors (Lipinski definition) is 1. The first-order valence-corrected chi connectivity index (χ1v) is 8.44. The van der Waals surface area contributed by atoms with Crippen LogP contribution in [0.5, 0.6) is 5.75 Å². The fourth-order valence-corrected chi connectivity index (χ4v) is 2.79. The van der Waals surface area contributed by atoms with Gasteiger partial charge in [0, 0.05) is 24.7 Å². The van der Waals surface area contributed by atoms with Gasteiger partial charge in [-0.3, -0.25) is 4.79 Å². The first-order chi connectivity index (χ1) is 10.7.